The Hall–Kier alpha value is -1.62. The summed E-state index contributed by atoms with van der Waals surface area (Å²) in [6, 6.07) is 8.03. The average molecular weight is 349 g/mol. The molecule has 1 heterocycles. The third-order valence-corrected chi connectivity index (χ3v) is 3.77. The van der Waals surface area contributed by atoms with Crippen LogP contribution in [0.4, 0.5) is 17.5 Å². The number of unbranched alkanes of at least 4 members (excludes halogenated alkanes) is 2. The lowest BCUT2D eigenvalue weighted by atomic mass is 10.2. The average Bonchev–Trinajstić information content (AvgIpc) is 2.47. The van der Waals surface area contributed by atoms with E-state index in [9.17, 15) is 0 Å². The molecule has 0 spiro atoms. The first-order chi connectivity index (χ1) is 10.2. The van der Waals surface area contributed by atoms with Gasteiger partial charge in [0.1, 0.15) is 5.82 Å². The quantitative estimate of drug-likeness (QED) is 0.699. The lowest BCUT2D eigenvalue weighted by Crippen LogP contribution is -2.05. The number of hydrogen-bond acceptors (Lipinski definition) is 4. The summed E-state index contributed by atoms with van der Waals surface area (Å²) >= 11 is 3.55. The highest BCUT2D eigenvalue weighted by Crippen LogP contribution is 2.25. The summed E-state index contributed by atoms with van der Waals surface area (Å²) in [4.78, 5) is 8.73. The maximum Gasteiger partial charge on any atom is 0.229 e. The van der Waals surface area contributed by atoms with E-state index in [-0.39, 0.29) is 0 Å². The topological polar surface area (TPSA) is 49.8 Å². The molecule has 4 nitrogen and oxygen atoms in total. The molecule has 0 bridgehead atoms. The Labute approximate surface area is 134 Å². The van der Waals surface area contributed by atoms with Crippen LogP contribution in [0.3, 0.4) is 0 Å². The van der Waals surface area contributed by atoms with E-state index in [1.54, 1.807) is 6.20 Å². The van der Waals surface area contributed by atoms with Gasteiger partial charge in [-0.3, -0.25) is 0 Å². The van der Waals surface area contributed by atoms with Crippen molar-refractivity contribution >= 4 is 33.4 Å². The first-order valence-electron chi connectivity index (χ1n) is 7.29. The number of aryl methyl sites for hydroxylation is 1. The van der Waals surface area contributed by atoms with Gasteiger partial charge in [-0.15, -0.1) is 0 Å². The summed E-state index contributed by atoms with van der Waals surface area (Å²) in [6.45, 7) is 5.20. The third kappa shape index (κ3) is 5.01. The minimum Gasteiger partial charge on any atom is -0.370 e. The van der Waals surface area contributed by atoms with Crippen LogP contribution in [-0.2, 0) is 0 Å². The van der Waals surface area contributed by atoms with E-state index in [1.165, 1.54) is 18.4 Å². The predicted octanol–water partition coefficient (Wildman–Crippen LogP) is 4.89. The van der Waals surface area contributed by atoms with Crippen LogP contribution in [0.15, 0.2) is 34.9 Å². The lowest BCUT2D eigenvalue weighted by molar-refractivity contribution is 0.742. The smallest absolute Gasteiger partial charge is 0.229 e. The molecule has 0 aliphatic heterocycles. The van der Waals surface area contributed by atoms with E-state index in [0.717, 1.165) is 28.9 Å². The molecule has 0 saturated heterocycles. The number of nitrogens with zero attached hydrogens (tertiary/aromatic N) is 2. The molecule has 2 N–H and O–H groups in total. The lowest BCUT2D eigenvalue weighted by Gasteiger charge is -2.10. The van der Waals surface area contributed by atoms with Crippen molar-refractivity contribution < 1.29 is 0 Å². The molecule has 1 aromatic heterocycles. The zero-order valence-corrected chi connectivity index (χ0v) is 14.1. The molecular weight excluding hydrogens is 328 g/mol. The van der Waals surface area contributed by atoms with Gasteiger partial charge in [-0.05, 0) is 53.0 Å². The van der Waals surface area contributed by atoms with Gasteiger partial charge in [0, 0.05) is 17.2 Å². The van der Waals surface area contributed by atoms with Gasteiger partial charge in [-0.2, -0.15) is 4.98 Å². The van der Waals surface area contributed by atoms with Gasteiger partial charge in [-0.25, -0.2) is 4.98 Å². The van der Waals surface area contributed by atoms with Crippen molar-refractivity contribution in [3.8, 4) is 0 Å². The molecule has 112 valence electrons. The summed E-state index contributed by atoms with van der Waals surface area (Å²) in [6.07, 6.45) is 5.38. The van der Waals surface area contributed by atoms with Crippen LogP contribution in [0.2, 0.25) is 0 Å². The first-order valence-corrected chi connectivity index (χ1v) is 8.08. The fourth-order valence-electron chi connectivity index (χ4n) is 1.95. The van der Waals surface area contributed by atoms with E-state index in [4.69, 9.17) is 0 Å². The van der Waals surface area contributed by atoms with Crippen LogP contribution in [-0.4, -0.2) is 16.5 Å². The summed E-state index contributed by atoms with van der Waals surface area (Å²) < 4.78 is 1.01. The molecule has 1 aromatic carbocycles. The molecule has 0 unspecified atom stereocenters. The van der Waals surface area contributed by atoms with Crippen molar-refractivity contribution in [1.82, 2.24) is 9.97 Å². The highest BCUT2D eigenvalue weighted by molar-refractivity contribution is 9.10. The molecular formula is C16H21BrN4. The van der Waals surface area contributed by atoms with Crippen molar-refractivity contribution in [2.45, 2.75) is 33.1 Å². The maximum atomic E-state index is 4.48. The third-order valence-electron chi connectivity index (χ3n) is 3.11. The second-order valence-electron chi connectivity index (χ2n) is 5.01. The summed E-state index contributed by atoms with van der Waals surface area (Å²) in [7, 11) is 0. The number of aromatic nitrogens is 2. The Morgan fingerprint density at radius 1 is 1.19 bits per heavy atom. The van der Waals surface area contributed by atoms with Crippen molar-refractivity contribution in [2.24, 2.45) is 0 Å². The zero-order valence-electron chi connectivity index (χ0n) is 12.5. The number of nitrogens with one attached hydrogen (secondary N) is 2. The Bertz CT molecular complexity index is 586. The molecule has 0 fully saturated rings. The molecule has 0 amide bonds. The molecule has 0 radical (unpaired) electrons. The Morgan fingerprint density at radius 3 is 2.81 bits per heavy atom. The van der Waals surface area contributed by atoms with Crippen LogP contribution in [0.25, 0.3) is 0 Å². The number of rotatable bonds is 7. The number of hydrogen-bond donors (Lipinski definition) is 2. The second-order valence-corrected chi connectivity index (χ2v) is 5.86. The monoisotopic (exact) mass is 348 g/mol. The molecule has 5 heteroatoms. The van der Waals surface area contributed by atoms with Gasteiger partial charge in [0.25, 0.3) is 0 Å². The summed E-state index contributed by atoms with van der Waals surface area (Å²) in [5.41, 5.74) is 2.17. The number of benzene rings is 1. The van der Waals surface area contributed by atoms with E-state index >= 15 is 0 Å². The van der Waals surface area contributed by atoms with Gasteiger partial charge in [0.15, 0.2) is 0 Å². The Balaban J connectivity index is 2.00. The highest BCUT2D eigenvalue weighted by atomic mass is 79.9. The van der Waals surface area contributed by atoms with Gasteiger partial charge in [0.05, 0.1) is 5.69 Å². The number of anilines is 3. The molecule has 2 aromatic rings. The SMILES string of the molecule is CCCCCNc1ccnc(Nc2ccc(C)cc2Br)n1. The van der Waals surface area contributed by atoms with E-state index in [2.05, 4.69) is 62.5 Å². The first kappa shape index (κ1) is 15.8. The molecule has 21 heavy (non-hydrogen) atoms. The van der Waals surface area contributed by atoms with E-state index < -0.39 is 0 Å². The predicted molar refractivity (Wildman–Crippen MR) is 92.2 cm³/mol. The Morgan fingerprint density at radius 2 is 2.05 bits per heavy atom. The largest absolute Gasteiger partial charge is 0.370 e. The summed E-state index contributed by atoms with van der Waals surface area (Å²) in [5.74, 6) is 1.45. The zero-order chi connectivity index (χ0) is 15.1. The summed E-state index contributed by atoms with van der Waals surface area (Å²) in [5, 5.41) is 6.56. The van der Waals surface area contributed by atoms with Crippen LogP contribution < -0.4 is 10.6 Å². The van der Waals surface area contributed by atoms with Crippen molar-refractivity contribution in [3.05, 3.63) is 40.5 Å². The van der Waals surface area contributed by atoms with Crippen LogP contribution in [0, 0.1) is 6.92 Å². The van der Waals surface area contributed by atoms with Gasteiger partial charge in [-0.1, -0.05) is 25.8 Å². The van der Waals surface area contributed by atoms with Crippen LogP contribution >= 0.6 is 15.9 Å². The maximum absolute atomic E-state index is 4.48. The van der Waals surface area contributed by atoms with Gasteiger partial charge in [0.2, 0.25) is 5.95 Å². The second kappa shape index (κ2) is 7.98. The molecule has 0 aliphatic rings. The van der Waals surface area contributed by atoms with Crippen molar-refractivity contribution in [1.29, 1.82) is 0 Å². The minimum absolute atomic E-state index is 0.597. The van der Waals surface area contributed by atoms with Crippen LogP contribution in [0.1, 0.15) is 31.7 Å². The van der Waals surface area contributed by atoms with Crippen molar-refractivity contribution in [3.63, 3.8) is 0 Å². The molecule has 0 atom stereocenters. The molecule has 0 aliphatic carbocycles. The Kier molecular flexibility index (Phi) is 5.99. The van der Waals surface area contributed by atoms with Crippen molar-refractivity contribution in [2.75, 3.05) is 17.2 Å². The molecule has 0 saturated carbocycles. The fourth-order valence-corrected chi connectivity index (χ4v) is 2.54. The van der Waals surface area contributed by atoms with E-state index in [1.807, 2.05) is 12.1 Å². The van der Waals surface area contributed by atoms with Gasteiger partial charge >= 0.3 is 0 Å². The standard InChI is InChI=1S/C16H21BrN4/c1-3-4-5-9-18-15-8-10-19-16(21-15)20-14-7-6-12(2)11-13(14)17/h6-8,10-11H,3-5,9H2,1-2H3,(H2,18,19,20,21). The molecule has 2 rings (SSSR count). The van der Waals surface area contributed by atoms with Gasteiger partial charge < -0.3 is 10.6 Å². The fraction of sp³-hybridized carbons (Fsp3) is 0.375. The minimum atomic E-state index is 0.597. The number of halogens is 1. The normalized spacial score (nSPS) is 10.4. The van der Waals surface area contributed by atoms with Crippen LogP contribution in [0.5, 0.6) is 0 Å². The highest BCUT2D eigenvalue weighted by Gasteiger charge is 2.03. The van der Waals surface area contributed by atoms with E-state index in [0.29, 0.717) is 5.95 Å².